The Bertz CT molecular complexity index is 1310. The Hall–Kier alpha value is -4.13. The molecule has 2 aromatic heterocycles. The summed E-state index contributed by atoms with van der Waals surface area (Å²) in [6, 6.07) is 15.5. The van der Waals surface area contributed by atoms with Gasteiger partial charge >= 0.3 is 0 Å². The maximum Gasteiger partial charge on any atom is 0.241 e. The Morgan fingerprint density at radius 2 is 2.00 bits per heavy atom. The van der Waals surface area contributed by atoms with E-state index in [2.05, 4.69) is 52.3 Å². The third-order valence-electron chi connectivity index (χ3n) is 5.59. The zero-order valence-corrected chi connectivity index (χ0v) is 19.6. The maximum absolute atomic E-state index is 12.3. The van der Waals surface area contributed by atoms with Gasteiger partial charge in [0.1, 0.15) is 6.61 Å². The minimum absolute atomic E-state index is 0.146. The topological polar surface area (TPSA) is 77.7 Å². The number of hydrogen-bond donors (Lipinski definition) is 1. The number of aryl methyl sites for hydroxylation is 3. The molecule has 0 radical (unpaired) electrons. The summed E-state index contributed by atoms with van der Waals surface area (Å²) in [4.78, 5) is 16.4. The van der Waals surface area contributed by atoms with Crippen LogP contribution < -0.4 is 14.9 Å². The van der Waals surface area contributed by atoms with E-state index in [1.807, 2.05) is 36.4 Å². The lowest BCUT2D eigenvalue weighted by Gasteiger charge is -2.11. The van der Waals surface area contributed by atoms with Crippen molar-refractivity contribution >= 4 is 23.0 Å². The normalized spacial score (nSPS) is 11.1. The van der Waals surface area contributed by atoms with Gasteiger partial charge in [0.05, 0.1) is 13.3 Å². The highest BCUT2D eigenvalue weighted by Gasteiger charge is 2.09. The molecule has 7 heteroatoms. The average Bonchev–Trinajstić information content (AvgIpc) is 3.19. The highest BCUT2D eigenvalue weighted by Crippen LogP contribution is 2.28. The fourth-order valence-electron chi connectivity index (χ4n) is 3.94. The Morgan fingerprint density at radius 3 is 2.79 bits per heavy atom. The van der Waals surface area contributed by atoms with E-state index in [1.54, 1.807) is 25.7 Å². The zero-order valence-electron chi connectivity index (χ0n) is 19.6. The smallest absolute Gasteiger partial charge is 0.241 e. The number of fused-ring (bicyclic) bond motifs is 1. The molecular formula is C27H28N4O3. The third-order valence-corrected chi connectivity index (χ3v) is 5.59. The molecule has 174 valence electrons. The van der Waals surface area contributed by atoms with E-state index in [4.69, 9.17) is 9.47 Å². The number of methoxy groups -OCH3 is 1. The van der Waals surface area contributed by atoms with Crippen molar-refractivity contribution in [3.8, 4) is 11.5 Å². The van der Waals surface area contributed by atoms with Crippen molar-refractivity contribution in [2.75, 3.05) is 7.11 Å². The fourth-order valence-corrected chi connectivity index (χ4v) is 3.94. The van der Waals surface area contributed by atoms with Crippen LogP contribution in [0.5, 0.6) is 11.5 Å². The van der Waals surface area contributed by atoms with Crippen molar-refractivity contribution in [2.24, 2.45) is 5.10 Å². The lowest BCUT2D eigenvalue weighted by molar-refractivity contribution is -0.121. The van der Waals surface area contributed by atoms with Gasteiger partial charge in [-0.2, -0.15) is 5.10 Å². The van der Waals surface area contributed by atoms with Crippen LogP contribution in [0.1, 0.15) is 28.7 Å². The van der Waals surface area contributed by atoms with Crippen LogP contribution in [0.3, 0.4) is 0 Å². The van der Waals surface area contributed by atoms with Crippen LogP contribution in [-0.2, 0) is 17.9 Å². The second kappa shape index (κ2) is 10.7. The number of carbonyl (C=O) groups is 1. The van der Waals surface area contributed by atoms with Gasteiger partial charge in [0.2, 0.25) is 5.91 Å². The Labute approximate surface area is 199 Å². The molecule has 0 aliphatic rings. The first-order valence-corrected chi connectivity index (χ1v) is 11.1. The standard InChI is InChI=1S/C27H28N4O3/c1-19-6-4-8-23-27(19)20(2)17-31(23)13-11-26(32)30-29-16-21-9-10-24(25(14-21)33-3)34-18-22-7-5-12-28-15-22/h4-10,12,14-17H,11,13,18H2,1-3H3,(H,30,32). The Balaban J connectivity index is 1.32. The van der Waals surface area contributed by atoms with Crippen molar-refractivity contribution < 1.29 is 14.3 Å². The van der Waals surface area contributed by atoms with Gasteiger partial charge in [-0.3, -0.25) is 9.78 Å². The number of nitrogens with one attached hydrogen (secondary N) is 1. The lowest BCUT2D eigenvalue weighted by Crippen LogP contribution is -2.19. The van der Waals surface area contributed by atoms with Gasteiger partial charge in [-0.05, 0) is 60.9 Å². The first-order chi connectivity index (χ1) is 16.5. The molecule has 1 N–H and O–H groups in total. The zero-order chi connectivity index (χ0) is 23.9. The van der Waals surface area contributed by atoms with E-state index in [9.17, 15) is 4.79 Å². The van der Waals surface area contributed by atoms with E-state index in [1.165, 1.54) is 16.5 Å². The Kier molecular flexibility index (Phi) is 7.22. The van der Waals surface area contributed by atoms with Crippen LogP contribution >= 0.6 is 0 Å². The largest absolute Gasteiger partial charge is 0.493 e. The average molecular weight is 457 g/mol. The van der Waals surface area contributed by atoms with Crippen LogP contribution in [0.25, 0.3) is 10.9 Å². The molecule has 0 bridgehead atoms. The third kappa shape index (κ3) is 5.43. The molecule has 0 aliphatic heterocycles. The van der Waals surface area contributed by atoms with E-state index >= 15 is 0 Å². The molecule has 0 fully saturated rings. The summed E-state index contributed by atoms with van der Waals surface area (Å²) in [7, 11) is 1.59. The number of rotatable bonds is 9. The summed E-state index contributed by atoms with van der Waals surface area (Å²) in [6.07, 6.45) is 7.50. The number of ether oxygens (including phenoxy) is 2. The molecule has 0 spiro atoms. The highest BCUT2D eigenvalue weighted by atomic mass is 16.5. The lowest BCUT2D eigenvalue weighted by atomic mass is 10.1. The number of amides is 1. The number of nitrogens with zero attached hydrogens (tertiary/aromatic N) is 3. The van der Waals surface area contributed by atoms with Crippen molar-refractivity contribution in [3.05, 3.63) is 89.4 Å². The number of carbonyl (C=O) groups excluding carboxylic acids is 1. The number of aromatic nitrogens is 2. The summed E-state index contributed by atoms with van der Waals surface area (Å²) in [6.45, 7) is 5.19. The highest BCUT2D eigenvalue weighted by molar-refractivity contribution is 5.87. The quantitative estimate of drug-likeness (QED) is 0.290. The van der Waals surface area contributed by atoms with Gasteiger partial charge in [-0.25, -0.2) is 5.43 Å². The van der Waals surface area contributed by atoms with Crippen LogP contribution in [-0.4, -0.2) is 28.8 Å². The van der Waals surface area contributed by atoms with Crippen LogP contribution in [0, 0.1) is 13.8 Å². The van der Waals surface area contributed by atoms with Crippen molar-refractivity contribution in [2.45, 2.75) is 33.4 Å². The summed E-state index contributed by atoms with van der Waals surface area (Å²) < 4.78 is 13.4. The van der Waals surface area contributed by atoms with Gasteiger partial charge in [-0.1, -0.05) is 18.2 Å². The molecule has 0 atom stereocenters. The van der Waals surface area contributed by atoms with Crippen LogP contribution in [0.15, 0.2) is 72.2 Å². The monoisotopic (exact) mass is 456 g/mol. The molecule has 2 aromatic carbocycles. The molecule has 7 nitrogen and oxygen atoms in total. The summed E-state index contributed by atoms with van der Waals surface area (Å²) in [5, 5.41) is 5.35. The molecule has 2 heterocycles. The van der Waals surface area contributed by atoms with Crippen LogP contribution in [0.4, 0.5) is 0 Å². The summed E-state index contributed by atoms with van der Waals surface area (Å²) in [5.41, 5.74) is 7.96. The molecule has 0 unspecified atom stereocenters. The maximum atomic E-state index is 12.3. The summed E-state index contributed by atoms with van der Waals surface area (Å²) in [5.74, 6) is 1.06. The molecule has 0 aliphatic carbocycles. The van der Waals surface area contributed by atoms with E-state index in [0.717, 1.165) is 16.6 Å². The van der Waals surface area contributed by atoms with Gasteiger partial charge < -0.3 is 14.0 Å². The first-order valence-electron chi connectivity index (χ1n) is 11.1. The van der Waals surface area contributed by atoms with E-state index in [-0.39, 0.29) is 5.91 Å². The summed E-state index contributed by atoms with van der Waals surface area (Å²) >= 11 is 0. The number of hydrogen-bond acceptors (Lipinski definition) is 5. The molecule has 4 aromatic rings. The van der Waals surface area contributed by atoms with E-state index in [0.29, 0.717) is 31.1 Å². The van der Waals surface area contributed by atoms with Gasteiger partial charge in [0.25, 0.3) is 0 Å². The second-order valence-corrected chi connectivity index (χ2v) is 8.08. The van der Waals surface area contributed by atoms with Crippen molar-refractivity contribution in [3.63, 3.8) is 0 Å². The minimum atomic E-state index is -0.146. The van der Waals surface area contributed by atoms with Gasteiger partial charge in [-0.15, -0.1) is 0 Å². The van der Waals surface area contributed by atoms with Crippen molar-refractivity contribution in [1.82, 2.24) is 15.0 Å². The fraction of sp³-hybridized carbons (Fsp3) is 0.222. The molecule has 0 saturated heterocycles. The number of hydrazone groups is 1. The minimum Gasteiger partial charge on any atom is -0.493 e. The SMILES string of the molecule is COc1cc(C=NNC(=O)CCn2cc(C)c3c(C)cccc32)ccc1OCc1cccnc1. The second-order valence-electron chi connectivity index (χ2n) is 8.08. The molecule has 1 amide bonds. The van der Waals surface area contributed by atoms with E-state index < -0.39 is 0 Å². The molecular weight excluding hydrogens is 428 g/mol. The van der Waals surface area contributed by atoms with Gasteiger partial charge in [0, 0.05) is 48.0 Å². The Morgan fingerprint density at radius 1 is 1.12 bits per heavy atom. The molecule has 34 heavy (non-hydrogen) atoms. The predicted molar refractivity (Wildman–Crippen MR) is 133 cm³/mol. The van der Waals surface area contributed by atoms with Crippen molar-refractivity contribution in [1.29, 1.82) is 0 Å². The molecule has 0 saturated carbocycles. The predicted octanol–water partition coefficient (Wildman–Crippen LogP) is 4.78. The molecule has 4 rings (SSSR count). The van der Waals surface area contributed by atoms with Gasteiger partial charge in [0.15, 0.2) is 11.5 Å². The number of pyridine rings is 1. The number of benzene rings is 2. The first kappa shape index (κ1) is 23.0. The van der Waals surface area contributed by atoms with Crippen LogP contribution in [0.2, 0.25) is 0 Å².